The molecule has 10 heteroatoms. The minimum atomic E-state index is -1.04. The summed E-state index contributed by atoms with van der Waals surface area (Å²) >= 11 is 0.909. The summed E-state index contributed by atoms with van der Waals surface area (Å²) < 4.78 is 0. The van der Waals surface area contributed by atoms with Gasteiger partial charge in [0.25, 0.3) is 5.69 Å². The quantitative estimate of drug-likeness (QED) is 0.354. The van der Waals surface area contributed by atoms with Gasteiger partial charge in [-0.05, 0) is 12.1 Å². The average molecular weight is 327 g/mol. The van der Waals surface area contributed by atoms with Crippen LogP contribution >= 0.6 is 11.8 Å². The molecule has 0 fully saturated rings. The summed E-state index contributed by atoms with van der Waals surface area (Å²) in [7, 11) is 0. The van der Waals surface area contributed by atoms with Crippen molar-refractivity contribution in [1.82, 2.24) is 5.32 Å². The molecule has 2 amide bonds. The predicted octanol–water partition coefficient (Wildman–Crippen LogP) is 0.377. The smallest absolute Gasteiger partial charge is 0.305 e. The minimum Gasteiger partial charge on any atom is -0.481 e. The number of nitrogens with zero attached hydrogens (tertiary/aromatic N) is 1. The third kappa shape index (κ3) is 5.40. The lowest BCUT2D eigenvalue weighted by Crippen LogP contribution is -2.27. The van der Waals surface area contributed by atoms with Gasteiger partial charge in [-0.1, -0.05) is 0 Å². The van der Waals surface area contributed by atoms with Gasteiger partial charge in [0.05, 0.1) is 22.0 Å². The number of nitrogens with two attached hydrogens (primary N) is 1. The van der Waals surface area contributed by atoms with E-state index in [9.17, 15) is 24.5 Å². The molecule has 1 aromatic rings. The molecule has 22 heavy (non-hydrogen) atoms. The molecule has 4 N–H and O–H groups in total. The molecule has 0 radical (unpaired) electrons. The molecule has 0 saturated heterocycles. The standard InChI is InChI=1S/C12H13N3O6S/c13-12(19)7-1-2-9(8(5-7)15(20)21)22-6-10(16)14-4-3-11(17)18/h1-2,5H,3-4,6H2,(H2,13,19)(H,14,16)(H,17,18). The van der Waals surface area contributed by atoms with E-state index in [2.05, 4.69) is 5.32 Å². The number of carboxylic acids is 1. The summed E-state index contributed by atoms with van der Waals surface area (Å²) in [5, 5.41) is 21.8. The Kier molecular flexibility index (Phi) is 6.32. The highest BCUT2D eigenvalue weighted by Crippen LogP contribution is 2.29. The number of hydrogen-bond acceptors (Lipinski definition) is 6. The largest absolute Gasteiger partial charge is 0.481 e. The zero-order chi connectivity index (χ0) is 16.7. The van der Waals surface area contributed by atoms with Crippen molar-refractivity contribution in [2.24, 2.45) is 5.73 Å². The van der Waals surface area contributed by atoms with E-state index in [-0.39, 0.29) is 34.9 Å². The molecule has 0 atom stereocenters. The number of aliphatic carboxylic acids is 1. The Bertz CT molecular complexity index is 619. The molecule has 1 aromatic carbocycles. The highest BCUT2D eigenvalue weighted by atomic mass is 32.2. The third-order valence-corrected chi connectivity index (χ3v) is 3.52. The summed E-state index contributed by atoms with van der Waals surface area (Å²) in [6, 6.07) is 3.72. The molecule has 0 aliphatic carbocycles. The second-order valence-corrected chi connectivity index (χ2v) is 5.10. The molecule has 0 bridgehead atoms. The molecule has 9 nitrogen and oxygen atoms in total. The molecule has 0 aliphatic rings. The normalized spacial score (nSPS) is 10.0. The van der Waals surface area contributed by atoms with Crippen molar-refractivity contribution in [2.45, 2.75) is 11.3 Å². The first-order valence-electron chi connectivity index (χ1n) is 6.00. The van der Waals surface area contributed by atoms with E-state index >= 15 is 0 Å². The van der Waals surface area contributed by atoms with Crippen molar-refractivity contribution < 1.29 is 24.4 Å². The van der Waals surface area contributed by atoms with Crippen molar-refractivity contribution >= 4 is 35.2 Å². The van der Waals surface area contributed by atoms with E-state index in [0.29, 0.717) is 0 Å². The number of nitro benzene ring substituents is 1. The van der Waals surface area contributed by atoms with Crippen molar-refractivity contribution in [3.8, 4) is 0 Å². The van der Waals surface area contributed by atoms with Crippen LogP contribution in [0.4, 0.5) is 5.69 Å². The number of carbonyl (C=O) groups is 3. The molecular weight excluding hydrogens is 314 g/mol. The first-order valence-corrected chi connectivity index (χ1v) is 6.99. The van der Waals surface area contributed by atoms with Gasteiger partial charge in [0.1, 0.15) is 0 Å². The first-order chi connectivity index (χ1) is 10.3. The average Bonchev–Trinajstić information content (AvgIpc) is 2.44. The van der Waals surface area contributed by atoms with E-state index in [1.165, 1.54) is 12.1 Å². The fourth-order valence-corrected chi connectivity index (χ4v) is 2.27. The lowest BCUT2D eigenvalue weighted by Gasteiger charge is -2.05. The zero-order valence-electron chi connectivity index (χ0n) is 11.3. The van der Waals surface area contributed by atoms with Gasteiger partial charge in [0.15, 0.2) is 0 Å². The van der Waals surface area contributed by atoms with Crippen molar-refractivity contribution in [2.75, 3.05) is 12.3 Å². The molecule has 0 aliphatic heterocycles. The van der Waals surface area contributed by atoms with Gasteiger partial charge in [-0.3, -0.25) is 24.5 Å². The van der Waals surface area contributed by atoms with Crippen LogP contribution in [0, 0.1) is 10.1 Å². The van der Waals surface area contributed by atoms with Gasteiger partial charge >= 0.3 is 5.97 Å². The van der Waals surface area contributed by atoms with Crippen LogP contribution in [0.2, 0.25) is 0 Å². The monoisotopic (exact) mass is 327 g/mol. The van der Waals surface area contributed by atoms with Crippen LogP contribution in [0.1, 0.15) is 16.8 Å². The first kappa shape index (κ1) is 17.4. The van der Waals surface area contributed by atoms with Crippen LogP contribution in [0.15, 0.2) is 23.1 Å². The summed E-state index contributed by atoms with van der Waals surface area (Å²) in [5.74, 6) is -2.38. The fourth-order valence-electron chi connectivity index (χ4n) is 1.44. The maximum absolute atomic E-state index is 11.5. The highest BCUT2D eigenvalue weighted by Gasteiger charge is 2.17. The maximum Gasteiger partial charge on any atom is 0.305 e. The van der Waals surface area contributed by atoms with Crippen LogP contribution in [-0.4, -0.2) is 40.1 Å². The number of benzene rings is 1. The summed E-state index contributed by atoms with van der Waals surface area (Å²) in [4.78, 5) is 43.3. The number of carbonyl (C=O) groups excluding carboxylic acids is 2. The number of thioether (sulfide) groups is 1. The third-order valence-electron chi connectivity index (χ3n) is 2.46. The Balaban J connectivity index is 2.69. The number of nitro groups is 1. The van der Waals surface area contributed by atoms with Gasteiger partial charge in [-0.25, -0.2) is 0 Å². The number of rotatable bonds is 8. The Morgan fingerprint density at radius 2 is 2.05 bits per heavy atom. The molecule has 0 aromatic heterocycles. The van der Waals surface area contributed by atoms with Crippen LogP contribution in [-0.2, 0) is 9.59 Å². The Labute approximate surface area is 129 Å². The second kappa shape index (κ2) is 7.98. The van der Waals surface area contributed by atoms with Gasteiger partial charge in [-0.15, -0.1) is 11.8 Å². The number of primary amides is 1. The van der Waals surface area contributed by atoms with E-state index in [0.717, 1.165) is 17.8 Å². The second-order valence-electron chi connectivity index (χ2n) is 4.09. The lowest BCUT2D eigenvalue weighted by molar-refractivity contribution is -0.387. The van der Waals surface area contributed by atoms with Crippen molar-refractivity contribution in [1.29, 1.82) is 0 Å². The molecule has 0 heterocycles. The van der Waals surface area contributed by atoms with E-state index in [1.54, 1.807) is 0 Å². The summed E-state index contributed by atoms with van der Waals surface area (Å²) in [6.07, 6.45) is -0.205. The van der Waals surface area contributed by atoms with Gasteiger partial charge in [-0.2, -0.15) is 0 Å². The van der Waals surface area contributed by atoms with Crippen LogP contribution < -0.4 is 11.1 Å². The van der Waals surface area contributed by atoms with Gasteiger partial charge < -0.3 is 16.2 Å². The minimum absolute atomic E-state index is 0.00181. The van der Waals surface area contributed by atoms with Gasteiger partial charge in [0, 0.05) is 18.2 Å². The van der Waals surface area contributed by atoms with Crippen molar-refractivity contribution in [3.05, 3.63) is 33.9 Å². The van der Waals surface area contributed by atoms with Gasteiger partial charge in [0.2, 0.25) is 11.8 Å². The Morgan fingerprint density at radius 3 is 2.59 bits per heavy atom. The molecule has 0 spiro atoms. The van der Waals surface area contributed by atoms with E-state index in [4.69, 9.17) is 10.8 Å². The molecule has 0 unspecified atom stereocenters. The maximum atomic E-state index is 11.5. The Morgan fingerprint density at radius 1 is 1.36 bits per heavy atom. The lowest BCUT2D eigenvalue weighted by atomic mass is 10.2. The van der Waals surface area contributed by atoms with Crippen LogP contribution in [0.5, 0.6) is 0 Å². The van der Waals surface area contributed by atoms with E-state index in [1.807, 2.05) is 0 Å². The van der Waals surface area contributed by atoms with Crippen LogP contribution in [0.25, 0.3) is 0 Å². The number of hydrogen-bond donors (Lipinski definition) is 3. The topological polar surface area (TPSA) is 153 Å². The Hall–Kier alpha value is -2.62. The summed E-state index contributed by atoms with van der Waals surface area (Å²) in [5.41, 5.74) is 4.74. The summed E-state index contributed by atoms with van der Waals surface area (Å²) in [6.45, 7) is -0.0164. The molecule has 1 rings (SSSR count). The highest BCUT2D eigenvalue weighted by molar-refractivity contribution is 8.00. The number of amides is 2. The molecule has 0 saturated carbocycles. The SMILES string of the molecule is NC(=O)c1ccc(SCC(=O)NCCC(=O)O)c([N+](=O)[O-])c1. The van der Waals surface area contributed by atoms with Crippen molar-refractivity contribution in [3.63, 3.8) is 0 Å². The number of carboxylic acid groups (broad SMARTS) is 1. The molecular formula is C12H13N3O6S. The van der Waals surface area contributed by atoms with Crippen LogP contribution in [0.3, 0.4) is 0 Å². The zero-order valence-corrected chi connectivity index (χ0v) is 12.1. The number of nitrogens with one attached hydrogen (secondary N) is 1. The van der Waals surface area contributed by atoms with E-state index < -0.39 is 22.7 Å². The predicted molar refractivity (Wildman–Crippen MR) is 77.6 cm³/mol. The fraction of sp³-hybridized carbons (Fsp3) is 0.250. The molecule has 118 valence electrons.